The van der Waals surface area contributed by atoms with Crippen LogP contribution in [0.25, 0.3) is 32.7 Å². The van der Waals surface area contributed by atoms with Crippen LogP contribution in [0.5, 0.6) is 17.2 Å². The molecule has 0 amide bonds. The molecule has 0 saturated carbocycles. The van der Waals surface area contributed by atoms with Crippen LogP contribution < -0.4 is 16.0 Å². The third-order valence-electron chi connectivity index (χ3n) is 6.63. The molecule has 0 radical (unpaired) electrons. The Hall–Kier alpha value is -4.69. The van der Waals surface area contributed by atoms with E-state index in [9.17, 15) is 18.9 Å². The molecule has 0 aliphatic carbocycles. The van der Waals surface area contributed by atoms with Crippen molar-refractivity contribution in [3.8, 4) is 17.2 Å². The number of rotatable bonds is 1. The van der Waals surface area contributed by atoms with Crippen molar-refractivity contribution >= 4 is 43.5 Å². The first-order chi connectivity index (χ1) is 18.8. The van der Waals surface area contributed by atoms with Crippen molar-refractivity contribution < 1.29 is 22.9 Å². The van der Waals surface area contributed by atoms with E-state index in [0.717, 1.165) is 10.8 Å². The molecule has 194 valence electrons. The molecule has 1 N–H and O–H groups in total. The van der Waals surface area contributed by atoms with Crippen LogP contribution in [0.2, 0.25) is 0 Å². The Morgan fingerprint density at radius 1 is 0.667 bits per heavy atom. The zero-order valence-electron chi connectivity index (χ0n) is 21.0. The van der Waals surface area contributed by atoms with Crippen molar-refractivity contribution in [2.75, 3.05) is 12.5 Å². The fraction of sp³-hybridized carbons (Fsp3) is 0.0968. The largest absolute Gasteiger partial charge is 0.507 e. The van der Waals surface area contributed by atoms with Gasteiger partial charge in [0.25, 0.3) is 0 Å². The Morgan fingerprint density at radius 2 is 1.21 bits per heavy atom. The molecule has 0 fully saturated rings. The van der Waals surface area contributed by atoms with Crippen LogP contribution in [-0.2, 0) is 10.8 Å². The van der Waals surface area contributed by atoms with E-state index >= 15 is 0 Å². The summed E-state index contributed by atoms with van der Waals surface area (Å²) in [6.45, 7) is 0. The minimum absolute atomic E-state index is 0.0339. The monoisotopic (exact) mass is 538 g/mol. The average molecular weight is 539 g/mol. The normalized spacial score (nSPS) is 14.0. The van der Waals surface area contributed by atoms with Crippen molar-refractivity contribution in [1.82, 2.24) is 0 Å². The maximum absolute atomic E-state index is 13.4. The lowest BCUT2D eigenvalue weighted by Gasteiger charge is -2.29. The van der Waals surface area contributed by atoms with Gasteiger partial charge in [0.1, 0.15) is 28.4 Å². The fourth-order valence-electron chi connectivity index (χ4n) is 5.10. The van der Waals surface area contributed by atoms with Gasteiger partial charge in [-0.05, 0) is 41.1 Å². The number of hydrogen-bond acceptors (Lipinski definition) is 7. The highest BCUT2D eigenvalue weighted by Crippen LogP contribution is 2.52. The number of ether oxygens (including phenoxy) is 1. The van der Waals surface area contributed by atoms with Gasteiger partial charge in [0.05, 0.1) is 27.8 Å². The lowest BCUT2D eigenvalue weighted by molar-refractivity contribution is 0.426. The minimum atomic E-state index is -0.971. The van der Waals surface area contributed by atoms with Gasteiger partial charge in [0, 0.05) is 28.9 Å². The van der Waals surface area contributed by atoms with Gasteiger partial charge in [0.2, 0.25) is 0 Å². The first-order valence-corrected chi connectivity index (χ1v) is 14.1. The number of fused-ring (bicyclic) bond motifs is 7. The summed E-state index contributed by atoms with van der Waals surface area (Å²) in [4.78, 5) is 26.8. The predicted octanol–water partition coefficient (Wildman–Crippen LogP) is 6.04. The highest BCUT2D eigenvalue weighted by atomic mass is 32.2. The molecular weight excluding hydrogens is 516 g/mol. The molecule has 1 atom stereocenters. The van der Waals surface area contributed by atoms with Crippen molar-refractivity contribution in [1.29, 1.82) is 0 Å². The highest BCUT2D eigenvalue weighted by molar-refractivity contribution is 7.83. The number of aromatic hydroxyl groups is 1. The van der Waals surface area contributed by atoms with Crippen LogP contribution in [0.15, 0.2) is 103 Å². The second-order valence-corrected chi connectivity index (χ2v) is 10.7. The minimum Gasteiger partial charge on any atom is -0.507 e. The Morgan fingerprint density at radius 3 is 1.90 bits per heavy atom. The van der Waals surface area contributed by atoms with Crippen molar-refractivity contribution in [2.45, 2.75) is 5.92 Å². The molecule has 0 bridgehead atoms. The number of benzene rings is 4. The molecule has 2 aromatic heterocycles. The second kappa shape index (κ2) is 9.56. The Balaban J connectivity index is 0.000000650. The maximum atomic E-state index is 13.4. The molecule has 6 aromatic rings. The lowest BCUT2D eigenvalue weighted by atomic mass is 9.80. The molecule has 3 heterocycles. The summed E-state index contributed by atoms with van der Waals surface area (Å²) in [5, 5.41) is 14.0. The zero-order chi connectivity index (χ0) is 27.3. The predicted molar refractivity (Wildman–Crippen MR) is 152 cm³/mol. The summed E-state index contributed by atoms with van der Waals surface area (Å²) in [5.41, 5.74) is -0.0432. The van der Waals surface area contributed by atoms with Gasteiger partial charge in [-0.15, -0.1) is 0 Å². The van der Waals surface area contributed by atoms with Crippen molar-refractivity contribution in [3.05, 3.63) is 122 Å². The van der Waals surface area contributed by atoms with Crippen molar-refractivity contribution in [3.63, 3.8) is 0 Å². The van der Waals surface area contributed by atoms with Gasteiger partial charge in [-0.3, -0.25) is 4.21 Å². The van der Waals surface area contributed by atoms with Gasteiger partial charge < -0.3 is 18.7 Å². The van der Waals surface area contributed by atoms with E-state index in [2.05, 4.69) is 0 Å². The quantitative estimate of drug-likeness (QED) is 0.254. The first kappa shape index (κ1) is 24.6. The molecular formula is C31H22O7S. The molecule has 0 saturated heterocycles. The molecule has 7 rings (SSSR count). The van der Waals surface area contributed by atoms with E-state index in [0.29, 0.717) is 33.4 Å². The van der Waals surface area contributed by atoms with Gasteiger partial charge in [-0.1, -0.05) is 54.6 Å². The summed E-state index contributed by atoms with van der Waals surface area (Å²) < 4.78 is 27.1. The molecule has 39 heavy (non-hydrogen) atoms. The summed E-state index contributed by atoms with van der Waals surface area (Å²) in [6, 6.07) is 25.2. The second-order valence-electron chi connectivity index (χ2n) is 9.25. The first-order valence-electron chi connectivity index (χ1n) is 12.1. The number of hydrogen-bond donors (Lipinski definition) is 1. The van der Waals surface area contributed by atoms with E-state index < -0.39 is 28.0 Å². The molecule has 7 nitrogen and oxygen atoms in total. The smallest absolute Gasteiger partial charge is 0.344 e. The highest BCUT2D eigenvalue weighted by Gasteiger charge is 2.39. The SMILES string of the molecule is CS(C)=O.O=c1oc2ccccc2c(O)c1[C@@H]1c2c(c3ccccc3oc2=O)Oc2ccc3ccccc3c21. The molecule has 1 aliphatic rings. The van der Waals surface area contributed by atoms with Gasteiger partial charge >= 0.3 is 11.3 Å². The Kier molecular flexibility index (Phi) is 6.04. The third kappa shape index (κ3) is 4.09. The molecule has 1 aliphatic heterocycles. The van der Waals surface area contributed by atoms with Gasteiger partial charge in [-0.2, -0.15) is 0 Å². The van der Waals surface area contributed by atoms with Crippen LogP contribution in [0.1, 0.15) is 22.6 Å². The third-order valence-corrected chi connectivity index (χ3v) is 6.63. The van der Waals surface area contributed by atoms with Crippen LogP contribution in [0, 0.1) is 0 Å². The van der Waals surface area contributed by atoms with E-state index in [-0.39, 0.29) is 22.5 Å². The zero-order valence-corrected chi connectivity index (χ0v) is 21.8. The summed E-state index contributed by atoms with van der Waals surface area (Å²) in [7, 11) is -0.611. The molecule has 4 aromatic carbocycles. The topological polar surface area (TPSA) is 107 Å². The number of para-hydroxylation sites is 2. The van der Waals surface area contributed by atoms with E-state index in [1.807, 2.05) is 42.5 Å². The summed E-state index contributed by atoms with van der Waals surface area (Å²) in [5.74, 6) is -0.414. The van der Waals surface area contributed by atoms with E-state index in [1.165, 1.54) is 0 Å². The van der Waals surface area contributed by atoms with Crippen LogP contribution in [0.3, 0.4) is 0 Å². The lowest BCUT2D eigenvalue weighted by Crippen LogP contribution is -2.25. The van der Waals surface area contributed by atoms with Gasteiger partial charge in [-0.25, -0.2) is 9.59 Å². The molecule has 8 heteroatoms. The van der Waals surface area contributed by atoms with Crippen LogP contribution in [-0.4, -0.2) is 21.8 Å². The van der Waals surface area contributed by atoms with Crippen LogP contribution in [0.4, 0.5) is 0 Å². The Labute approximate surface area is 224 Å². The van der Waals surface area contributed by atoms with Crippen molar-refractivity contribution in [2.24, 2.45) is 0 Å². The van der Waals surface area contributed by atoms with E-state index in [4.69, 9.17) is 13.6 Å². The average Bonchev–Trinajstić information content (AvgIpc) is 2.92. The molecule has 0 unspecified atom stereocenters. The summed E-state index contributed by atoms with van der Waals surface area (Å²) in [6.07, 6.45) is 3.28. The fourth-order valence-corrected chi connectivity index (χ4v) is 5.10. The Bertz CT molecular complexity index is 2030. The maximum Gasteiger partial charge on any atom is 0.344 e. The summed E-state index contributed by atoms with van der Waals surface area (Å²) >= 11 is 0. The van der Waals surface area contributed by atoms with Crippen LogP contribution >= 0.6 is 0 Å². The molecule has 0 spiro atoms. The standard InChI is InChI=1S/C29H16O6.C2H6OS/c30-26-17-9-3-5-11-19(17)34-28(31)24(26)23-22-16-8-2-1-7-15(16)13-14-21(22)33-27-18-10-4-6-12-20(18)35-29(32)25(23)27;1-4(2)3/h1-14,23,30H;1-2H3/t23-;/m1./s1. The van der Waals surface area contributed by atoms with Gasteiger partial charge in [0.15, 0.2) is 0 Å². The van der Waals surface area contributed by atoms with E-state index in [1.54, 1.807) is 55.0 Å².